The zero-order valence-electron chi connectivity index (χ0n) is 12.4. The van der Waals surface area contributed by atoms with Gasteiger partial charge >= 0.3 is 0 Å². The van der Waals surface area contributed by atoms with Crippen LogP contribution in [0, 0.1) is 5.92 Å². The van der Waals surface area contributed by atoms with E-state index in [1.54, 1.807) is 31.4 Å². The molecule has 2 atom stereocenters. The Morgan fingerprint density at radius 3 is 2.25 bits per heavy atom. The molecule has 0 aliphatic carbocycles. The van der Waals surface area contributed by atoms with Crippen molar-refractivity contribution in [1.82, 2.24) is 5.32 Å². The number of rotatable bonds is 9. The number of aliphatic hydroxyl groups is 2. The standard InChI is InChI=1S/C15H25NO4/c1-11(2)15(9-17)16-8-12(18)10-20-14-6-4-13(19-3)5-7-14/h4-7,11-12,15-18H,8-10H2,1-3H3. The summed E-state index contributed by atoms with van der Waals surface area (Å²) in [5, 5.41) is 22.1. The zero-order valence-corrected chi connectivity index (χ0v) is 12.4. The van der Waals surface area contributed by atoms with Crippen LogP contribution in [0.4, 0.5) is 0 Å². The maximum absolute atomic E-state index is 9.84. The Kier molecular flexibility index (Phi) is 7.36. The Bertz CT molecular complexity index is 367. The van der Waals surface area contributed by atoms with Gasteiger partial charge in [0, 0.05) is 12.6 Å². The molecule has 1 aromatic rings. The molecule has 0 aliphatic rings. The minimum atomic E-state index is -0.620. The first kappa shape index (κ1) is 16.8. The SMILES string of the molecule is COc1ccc(OCC(O)CNC(CO)C(C)C)cc1. The van der Waals surface area contributed by atoms with E-state index in [4.69, 9.17) is 9.47 Å². The van der Waals surface area contributed by atoms with Gasteiger partial charge in [-0.1, -0.05) is 13.8 Å². The number of ether oxygens (including phenoxy) is 2. The topological polar surface area (TPSA) is 71.0 Å². The van der Waals surface area contributed by atoms with Crippen molar-refractivity contribution in [3.63, 3.8) is 0 Å². The molecule has 3 N–H and O–H groups in total. The highest BCUT2D eigenvalue weighted by molar-refractivity contribution is 5.31. The molecule has 0 saturated heterocycles. The van der Waals surface area contributed by atoms with Crippen molar-refractivity contribution in [1.29, 1.82) is 0 Å². The third kappa shape index (κ3) is 5.77. The van der Waals surface area contributed by atoms with Gasteiger partial charge in [-0.3, -0.25) is 0 Å². The van der Waals surface area contributed by atoms with Gasteiger partial charge in [-0.25, -0.2) is 0 Å². The second-order valence-electron chi connectivity index (χ2n) is 5.08. The lowest BCUT2D eigenvalue weighted by Gasteiger charge is -2.22. The van der Waals surface area contributed by atoms with Crippen LogP contribution in [0.5, 0.6) is 11.5 Å². The van der Waals surface area contributed by atoms with Crippen molar-refractivity contribution in [2.75, 3.05) is 26.9 Å². The molecule has 0 aliphatic heterocycles. The lowest BCUT2D eigenvalue weighted by atomic mass is 10.1. The number of hydrogen-bond acceptors (Lipinski definition) is 5. The molecule has 0 fully saturated rings. The lowest BCUT2D eigenvalue weighted by molar-refractivity contribution is 0.0961. The highest BCUT2D eigenvalue weighted by Crippen LogP contribution is 2.17. The zero-order chi connectivity index (χ0) is 15.0. The summed E-state index contributed by atoms with van der Waals surface area (Å²) in [4.78, 5) is 0. The molecule has 0 spiro atoms. The molecule has 0 radical (unpaired) electrons. The monoisotopic (exact) mass is 283 g/mol. The van der Waals surface area contributed by atoms with E-state index in [0.29, 0.717) is 18.2 Å². The first-order valence-electron chi connectivity index (χ1n) is 6.86. The van der Waals surface area contributed by atoms with E-state index in [2.05, 4.69) is 5.32 Å². The fourth-order valence-corrected chi connectivity index (χ4v) is 1.72. The van der Waals surface area contributed by atoms with Gasteiger partial charge in [0.2, 0.25) is 0 Å². The number of benzene rings is 1. The maximum atomic E-state index is 9.84. The summed E-state index contributed by atoms with van der Waals surface area (Å²) < 4.78 is 10.5. The molecule has 0 saturated carbocycles. The molecule has 1 aromatic carbocycles. The van der Waals surface area contributed by atoms with Gasteiger partial charge in [0.25, 0.3) is 0 Å². The Labute approximate surface area is 120 Å². The van der Waals surface area contributed by atoms with E-state index in [0.717, 1.165) is 5.75 Å². The first-order chi connectivity index (χ1) is 9.56. The van der Waals surface area contributed by atoms with Crippen molar-refractivity contribution < 1.29 is 19.7 Å². The number of methoxy groups -OCH3 is 1. The highest BCUT2D eigenvalue weighted by atomic mass is 16.5. The average molecular weight is 283 g/mol. The quantitative estimate of drug-likeness (QED) is 0.632. The van der Waals surface area contributed by atoms with Gasteiger partial charge in [-0.2, -0.15) is 0 Å². The Morgan fingerprint density at radius 1 is 1.15 bits per heavy atom. The van der Waals surface area contributed by atoms with Crippen molar-refractivity contribution in [3.05, 3.63) is 24.3 Å². The van der Waals surface area contributed by atoms with Gasteiger partial charge in [-0.15, -0.1) is 0 Å². The summed E-state index contributed by atoms with van der Waals surface area (Å²) >= 11 is 0. The van der Waals surface area contributed by atoms with Crippen LogP contribution in [0.15, 0.2) is 24.3 Å². The Morgan fingerprint density at radius 2 is 1.75 bits per heavy atom. The summed E-state index contributed by atoms with van der Waals surface area (Å²) in [6, 6.07) is 7.19. The van der Waals surface area contributed by atoms with Crippen LogP contribution in [0.2, 0.25) is 0 Å². The molecule has 1 rings (SSSR count). The number of nitrogens with one attached hydrogen (secondary N) is 1. The molecular formula is C15H25NO4. The van der Waals surface area contributed by atoms with E-state index < -0.39 is 6.10 Å². The fourth-order valence-electron chi connectivity index (χ4n) is 1.72. The number of aliphatic hydroxyl groups excluding tert-OH is 2. The van der Waals surface area contributed by atoms with Crippen LogP contribution in [0.1, 0.15) is 13.8 Å². The Balaban J connectivity index is 2.29. The van der Waals surface area contributed by atoms with Gasteiger partial charge in [0.1, 0.15) is 24.2 Å². The highest BCUT2D eigenvalue weighted by Gasteiger charge is 2.13. The molecule has 0 amide bonds. The maximum Gasteiger partial charge on any atom is 0.119 e. The third-order valence-corrected chi connectivity index (χ3v) is 3.12. The van der Waals surface area contributed by atoms with E-state index in [9.17, 15) is 10.2 Å². The van der Waals surface area contributed by atoms with Gasteiger partial charge < -0.3 is 25.0 Å². The molecule has 2 unspecified atom stereocenters. The molecular weight excluding hydrogens is 258 g/mol. The van der Waals surface area contributed by atoms with Crippen LogP contribution < -0.4 is 14.8 Å². The van der Waals surface area contributed by atoms with Crippen LogP contribution in [-0.2, 0) is 0 Å². The minimum Gasteiger partial charge on any atom is -0.497 e. The lowest BCUT2D eigenvalue weighted by Crippen LogP contribution is -2.42. The molecule has 5 nitrogen and oxygen atoms in total. The predicted octanol–water partition coefficient (Wildman–Crippen LogP) is 1.04. The largest absolute Gasteiger partial charge is 0.497 e. The number of hydrogen-bond donors (Lipinski definition) is 3. The van der Waals surface area contributed by atoms with Crippen molar-refractivity contribution in [2.45, 2.75) is 26.0 Å². The predicted molar refractivity (Wildman–Crippen MR) is 78.2 cm³/mol. The summed E-state index contributed by atoms with van der Waals surface area (Å²) in [5.41, 5.74) is 0. The second kappa shape index (κ2) is 8.79. The van der Waals surface area contributed by atoms with Crippen molar-refractivity contribution in [3.8, 4) is 11.5 Å². The minimum absolute atomic E-state index is 0.00867. The van der Waals surface area contributed by atoms with E-state index >= 15 is 0 Å². The molecule has 0 heterocycles. The summed E-state index contributed by atoms with van der Waals surface area (Å²) in [6.07, 6.45) is -0.620. The molecule has 0 bridgehead atoms. The van der Waals surface area contributed by atoms with Gasteiger partial charge in [0.15, 0.2) is 0 Å². The van der Waals surface area contributed by atoms with E-state index in [1.165, 1.54) is 0 Å². The summed E-state index contributed by atoms with van der Waals surface area (Å²) in [5.74, 6) is 1.77. The molecule has 20 heavy (non-hydrogen) atoms. The smallest absolute Gasteiger partial charge is 0.119 e. The van der Waals surface area contributed by atoms with Crippen LogP contribution in [0.3, 0.4) is 0 Å². The second-order valence-corrected chi connectivity index (χ2v) is 5.08. The van der Waals surface area contributed by atoms with Crippen LogP contribution in [0.25, 0.3) is 0 Å². The summed E-state index contributed by atoms with van der Waals surface area (Å²) in [6.45, 7) is 4.70. The fraction of sp³-hybridized carbons (Fsp3) is 0.600. The molecule has 5 heteroatoms. The van der Waals surface area contributed by atoms with Crippen molar-refractivity contribution in [2.24, 2.45) is 5.92 Å². The van der Waals surface area contributed by atoms with Crippen LogP contribution >= 0.6 is 0 Å². The van der Waals surface area contributed by atoms with Gasteiger partial charge in [0.05, 0.1) is 13.7 Å². The van der Waals surface area contributed by atoms with Gasteiger partial charge in [-0.05, 0) is 30.2 Å². The third-order valence-electron chi connectivity index (χ3n) is 3.12. The van der Waals surface area contributed by atoms with E-state index in [-0.39, 0.29) is 19.3 Å². The van der Waals surface area contributed by atoms with Crippen molar-refractivity contribution >= 4 is 0 Å². The molecule has 114 valence electrons. The average Bonchev–Trinajstić information content (AvgIpc) is 2.46. The first-order valence-corrected chi connectivity index (χ1v) is 6.86. The Hall–Kier alpha value is -1.30. The molecule has 0 aromatic heterocycles. The summed E-state index contributed by atoms with van der Waals surface area (Å²) in [7, 11) is 1.61. The normalized spacial score (nSPS) is 14.1. The van der Waals surface area contributed by atoms with E-state index in [1.807, 2.05) is 13.8 Å². The van der Waals surface area contributed by atoms with Crippen LogP contribution in [-0.4, -0.2) is 49.2 Å².